The Morgan fingerprint density at radius 1 is 1.31 bits per heavy atom. The summed E-state index contributed by atoms with van der Waals surface area (Å²) in [6.45, 7) is 10.7. The molecule has 8 nitrogen and oxygen atoms in total. The first-order valence-electron chi connectivity index (χ1n) is 9.76. The number of hydrogen-bond donors (Lipinski definition) is 3. The Kier molecular flexibility index (Phi) is 7.25. The Morgan fingerprint density at radius 2 is 2.04 bits per heavy atom. The molecule has 1 aliphatic carbocycles. The van der Waals surface area contributed by atoms with E-state index >= 15 is 0 Å². The Hall–Kier alpha value is -1.83. The molecule has 26 heavy (non-hydrogen) atoms. The minimum Gasteiger partial charge on any atom is -0.378 e. The zero-order chi connectivity index (χ0) is 19.2. The van der Waals surface area contributed by atoms with Gasteiger partial charge in [-0.05, 0) is 33.1 Å². The van der Waals surface area contributed by atoms with Crippen LogP contribution in [0.1, 0.15) is 47.0 Å². The normalized spacial score (nSPS) is 25.1. The van der Waals surface area contributed by atoms with Crippen LogP contribution in [0.2, 0.25) is 0 Å². The molecule has 0 spiro atoms. The summed E-state index contributed by atoms with van der Waals surface area (Å²) in [7, 11) is 0. The summed E-state index contributed by atoms with van der Waals surface area (Å²) in [6, 6.07) is -0.0266. The lowest BCUT2D eigenvalue weighted by atomic mass is 9.58. The maximum Gasteiger partial charge on any atom is 0.324 e. The lowest BCUT2D eigenvalue weighted by Crippen LogP contribution is -2.65. The van der Waals surface area contributed by atoms with Gasteiger partial charge in [-0.15, -0.1) is 0 Å². The Balaban J connectivity index is 1.96. The van der Waals surface area contributed by atoms with Gasteiger partial charge in [0.25, 0.3) is 0 Å². The van der Waals surface area contributed by atoms with Crippen molar-refractivity contribution in [1.29, 1.82) is 0 Å². The first kappa shape index (κ1) is 20.5. The van der Waals surface area contributed by atoms with E-state index in [1.807, 2.05) is 13.8 Å². The average Bonchev–Trinajstić information content (AvgIpc) is 2.94. The molecule has 0 radical (unpaired) electrons. The van der Waals surface area contributed by atoms with Crippen LogP contribution in [0.15, 0.2) is 4.99 Å². The number of guanidine groups is 1. The number of amides is 3. The lowest BCUT2D eigenvalue weighted by Gasteiger charge is -2.55. The molecule has 3 amide bonds. The van der Waals surface area contributed by atoms with Gasteiger partial charge in [-0.25, -0.2) is 4.79 Å². The van der Waals surface area contributed by atoms with Gasteiger partial charge >= 0.3 is 6.03 Å². The average molecular weight is 367 g/mol. The van der Waals surface area contributed by atoms with Crippen LogP contribution in [0, 0.1) is 5.41 Å². The molecule has 148 valence electrons. The van der Waals surface area contributed by atoms with E-state index in [0.717, 1.165) is 38.4 Å². The minimum absolute atomic E-state index is 0.0806. The van der Waals surface area contributed by atoms with Gasteiger partial charge in [-0.3, -0.25) is 14.7 Å². The molecule has 2 rings (SSSR count). The summed E-state index contributed by atoms with van der Waals surface area (Å²) in [6.07, 6.45) is 3.35. The predicted molar refractivity (Wildman–Crippen MR) is 101 cm³/mol. The van der Waals surface area contributed by atoms with Gasteiger partial charge in [0.05, 0.1) is 25.7 Å². The van der Waals surface area contributed by atoms with Gasteiger partial charge in [0.15, 0.2) is 5.96 Å². The zero-order valence-corrected chi connectivity index (χ0v) is 16.4. The van der Waals surface area contributed by atoms with E-state index in [9.17, 15) is 9.59 Å². The number of nitrogens with one attached hydrogen (secondary N) is 3. The quantitative estimate of drug-likeness (QED) is 0.322. The monoisotopic (exact) mass is 367 g/mol. The molecular weight excluding hydrogens is 334 g/mol. The fourth-order valence-electron chi connectivity index (χ4n) is 4.01. The van der Waals surface area contributed by atoms with Crippen molar-refractivity contribution in [1.82, 2.24) is 20.9 Å². The molecule has 1 heterocycles. The Labute approximate surface area is 156 Å². The van der Waals surface area contributed by atoms with E-state index in [2.05, 4.69) is 34.8 Å². The van der Waals surface area contributed by atoms with Gasteiger partial charge in [-0.2, -0.15) is 0 Å². The van der Waals surface area contributed by atoms with Crippen LogP contribution in [0.5, 0.6) is 0 Å². The van der Waals surface area contributed by atoms with Crippen molar-refractivity contribution >= 4 is 17.9 Å². The molecule has 3 N–H and O–H groups in total. The molecule has 1 aliphatic heterocycles. The number of rotatable bonds is 9. The zero-order valence-electron chi connectivity index (χ0n) is 16.4. The summed E-state index contributed by atoms with van der Waals surface area (Å²) in [5.74, 6) is 0.531. The van der Waals surface area contributed by atoms with E-state index in [0.29, 0.717) is 19.1 Å². The molecule has 0 bridgehead atoms. The molecule has 1 saturated carbocycles. The molecule has 2 unspecified atom stereocenters. The van der Waals surface area contributed by atoms with Crippen molar-refractivity contribution in [2.45, 2.75) is 59.1 Å². The molecule has 0 aromatic rings. The van der Waals surface area contributed by atoms with E-state index in [1.165, 1.54) is 4.90 Å². The second-order valence-electron chi connectivity index (χ2n) is 6.78. The number of ether oxygens (including phenoxy) is 1. The number of carbonyl (C=O) groups is 2. The number of urea groups is 1. The standard InChI is InChI=1S/C18H33N5O3/c1-5-18(6-2)13(11-14(18)26-8-4)22-16(19-7-3)20-9-10-23-15(24)12-21-17(23)25/h13-14H,5-12H2,1-4H3,(H,21,25)(H2,19,20,22). The number of imide groups is 1. The first-order chi connectivity index (χ1) is 12.5. The highest BCUT2D eigenvalue weighted by atomic mass is 16.5. The fraction of sp³-hybridized carbons (Fsp3) is 0.833. The maximum atomic E-state index is 11.6. The van der Waals surface area contributed by atoms with Crippen molar-refractivity contribution in [3.63, 3.8) is 0 Å². The maximum absolute atomic E-state index is 11.6. The van der Waals surface area contributed by atoms with Crippen molar-refractivity contribution in [3.8, 4) is 0 Å². The SMILES string of the molecule is CCNC(=NCCN1C(=O)CNC1=O)NC1CC(OCC)C1(CC)CC. The van der Waals surface area contributed by atoms with Crippen molar-refractivity contribution < 1.29 is 14.3 Å². The molecule has 2 aliphatic rings. The van der Waals surface area contributed by atoms with Crippen LogP contribution in [-0.4, -0.2) is 67.7 Å². The van der Waals surface area contributed by atoms with Gasteiger partial charge in [0.2, 0.25) is 5.91 Å². The molecule has 0 aromatic heterocycles. The number of carbonyl (C=O) groups excluding carboxylic acids is 2. The summed E-state index contributed by atoms with van der Waals surface area (Å²) in [4.78, 5) is 29.0. The van der Waals surface area contributed by atoms with Gasteiger partial charge < -0.3 is 20.7 Å². The second-order valence-corrected chi connectivity index (χ2v) is 6.78. The van der Waals surface area contributed by atoms with Crippen LogP contribution >= 0.6 is 0 Å². The van der Waals surface area contributed by atoms with Gasteiger partial charge in [-0.1, -0.05) is 13.8 Å². The number of hydrogen-bond acceptors (Lipinski definition) is 4. The van der Waals surface area contributed by atoms with Crippen LogP contribution in [0.4, 0.5) is 4.79 Å². The lowest BCUT2D eigenvalue weighted by molar-refractivity contribution is -0.133. The predicted octanol–water partition coefficient (Wildman–Crippen LogP) is 1.08. The number of aliphatic imine (C=N–C) groups is 1. The summed E-state index contributed by atoms with van der Waals surface area (Å²) in [5, 5.41) is 9.31. The molecular formula is C18H33N5O3. The summed E-state index contributed by atoms with van der Waals surface area (Å²) in [5.41, 5.74) is 0.122. The van der Waals surface area contributed by atoms with Crippen molar-refractivity contribution in [2.24, 2.45) is 10.4 Å². The molecule has 1 saturated heterocycles. The number of nitrogens with zero attached hydrogens (tertiary/aromatic N) is 2. The van der Waals surface area contributed by atoms with Crippen molar-refractivity contribution in [2.75, 3.05) is 32.8 Å². The second kappa shape index (κ2) is 9.21. The highest BCUT2D eigenvalue weighted by Gasteiger charge is 2.53. The third-order valence-electron chi connectivity index (χ3n) is 5.66. The summed E-state index contributed by atoms with van der Waals surface area (Å²) < 4.78 is 5.93. The Bertz CT molecular complexity index is 517. The summed E-state index contributed by atoms with van der Waals surface area (Å²) >= 11 is 0. The van der Waals surface area contributed by atoms with Gasteiger partial charge in [0.1, 0.15) is 0 Å². The fourth-order valence-corrected chi connectivity index (χ4v) is 4.01. The molecule has 2 atom stereocenters. The molecule has 2 fully saturated rings. The van der Waals surface area contributed by atoms with Crippen LogP contribution in [-0.2, 0) is 9.53 Å². The third kappa shape index (κ3) is 4.11. The topological polar surface area (TPSA) is 95.1 Å². The van der Waals surface area contributed by atoms with Gasteiger partial charge in [0, 0.05) is 24.6 Å². The molecule has 0 aromatic carbocycles. The van der Waals surface area contributed by atoms with E-state index < -0.39 is 0 Å². The smallest absolute Gasteiger partial charge is 0.324 e. The van der Waals surface area contributed by atoms with Crippen LogP contribution in [0.25, 0.3) is 0 Å². The largest absolute Gasteiger partial charge is 0.378 e. The Morgan fingerprint density at radius 3 is 2.58 bits per heavy atom. The highest BCUT2D eigenvalue weighted by Crippen LogP contribution is 2.48. The van der Waals surface area contributed by atoms with E-state index in [1.54, 1.807) is 0 Å². The highest BCUT2D eigenvalue weighted by molar-refractivity contribution is 6.01. The van der Waals surface area contributed by atoms with Crippen molar-refractivity contribution in [3.05, 3.63) is 0 Å². The third-order valence-corrected chi connectivity index (χ3v) is 5.66. The van der Waals surface area contributed by atoms with E-state index in [-0.39, 0.29) is 30.0 Å². The van der Waals surface area contributed by atoms with E-state index in [4.69, 9.17) is 4.74 Å². The molecule has 8 heteroatoms. The first-order valence-corrected chi connectivity index (χ1v) is 9.76. The van der Waals surface area contributed by atoms with Crippen LogP contribution in [0.3, 0.4) is 0 Å². The van der Waals surface area contributed by atoms with Crippen LogP contribution < -0.4 is 16.0 Å². The minimum atomic E-state index is -0.335.